The number of ether oxygens (including phenoxy) is 1. The first kappa shape index (κ1) is 26.3. The highest BCUT2D eigenvalue weighted by Crippen LogP contribution is 2.47. The summed E-state index contributed by atoms with van der Waals surface area (Å²) in [7, 11) is 0. The molecule has 2 bridgehead atoms. The van der Waals surface area contributed by atoms with Crippen molar-refractivity contribution in [3.63, 3.8) is 0 Å². The molecule has 1 aromatic carbocycles. The van der Waals surface area contributed by atoms with E-state index in [9.17, 15) is 19.5 Å². The van der Waals surface area contributed by atoms with Crippen LogP contribution in [-0.2, 0) is 22.7 Å². The molecule has 4 amide bonds. The van der Waals surface area contributed by atoms with Gasteiger partial charge in [0, 0.05) is 18.3 Å². The summed E-state index contributed by atoms with van der Waals surface area (Å²) >= 11 is 0. The summed E-state index contributed by atoms with van der Waals surface area (Å²) < 4.78 is 6.96. The third kappa shape index (κ3) is 5.79. The Morgan fingerprint density at radius 2 is 1.86 bits per heavy atom. The highest BCUT2D eigenvalue weighted by molar-refractivity contribution is 5.79. The molecule has 1 fully saturated rings. The quantitative estimate of drug-likeness (QED) is 0.491. The van der Waals surface area contributed by atoms with Gasteiger partial charge in [-0.3, -0.25) is 9.52 Å². The molecule has 1 aromatic heterocycles. The lowest BCUT2D eigenvalue weighted by Crippen LogP contribution is -2.54. The lowest BCUT2D eigenvalue weighted by Gasteiger charge is -2.40. The number of carbonyl (C=O) groups is 3. The van der Waals surface area contributed by atoms with Crippen LogP contribution in [0.1, 0.15) is 63.5 Å². The maximum Gasteiger partial charge on any atom is 0.407 e. The van der Waals surface area contributed by atoms with Gasteiger partial charge in [0.05, 0.1) is 24.3 Å². The molecule has 37 heavy (non-hydrogen) atoms. The first-order valence-corrected chi connectivity index (χ1v) is 12.2. The van der Waals surface area contributed by atoms with Crippen LogP contribution in [0.3, 0.4) is 0 Å². The van der Waals surface area contributed by atoms with Crippen molar-refractivity contribution in [3.05, 3.63) is 53.3 Å². The van der Waals surface area contributed by atoms with Gasteiger partial charge < -0.3 is 25.4 Å². The van der Waals surface area contributed by atoms with Crippen molar-refractivity contribution < 1.29 is 29.1 Å². The minimum Gasteiger partial charge on any atom is -0.465 e. The molecule has 4 rings (SSSR count). The molecule has 2 aliphatic rings. The molecule has 1 saturated heterocycles. The largest absolute Gasteiger partial charge is 0.465 e. The molecule has 1 unspecified atom stereocenters. The van der Waals surface area contributed by atoms with Crippen LogP contribution in [0.25, 0.3) is 0 Å². The highest BCUT2D eigenvalue weighted by atomic mass is 16.7. The number of urea groups is 1. The standard InChI is InChI=1S/C25H34N6O6/c1-24(2,3)37-22(34)26-11-12-29-13-17-18-14-30(20(19(17)28-29)25(4,5)27-21(32)33)23(35)31(18)36-15-16-9-7-6-8-10-16/h6-10,13,18,20,27H,11-12,14-15H2,1-5H3,(H,26,34)(H,32,33)/t18-,20?/m1/s1. The summed E-state index contributed by atoms with van der Waals surface area (Å²) in [4.78, 5) is 44.6. The molecular formula is C25H34N6O6. The first-order chi connectivity index (χ1) is 17.4. The zero-order valence-electron chi connectivity index (χ0n) is 21.7. The van der Waals surface area contributed by atoms with Crippen LogP contribution in [0.15, 0.2) is 36.5 Å². The van der Waals surface area contributed by atoms with Crippen LogP contribution >= 0.6 is 0 Å². The van der Waals surface area contributed by atoms with Gasteiger partial charge in [0.1, 0.15) is 24.3 Å². The minimum absolute atomic E-state index is 0.210. The van der Waals surface area contributed by atoms with Gasteiger partial charge in [-0.1, -0.05) is 30.3 Å². The van der Waals surface area contributed by atoms with E-state index in [4.69, 9.17) is 14.7 Å². The smallest absolute Gasteiger partial charge is 0.407 e. The lowest BCUT2D eigenvalue weighted by molar-refractivity contribution is -0.141. The zero-order chi connectivity index (χ0) is 27.0. The molecule has 2 atom stereocenters. The van der Waals surface area contributed by atoms with Gasteiger partial charge in [-0.2, -0.15) is 10.2 Å². The van der Waals surface area contributed by atoms with E-state index >= 15 is 0 Å². The van der Waals surface area contributed by atoms with E-state index in [0.717, 1.165) is 11.1 Å². The SMILES string of the molecule is CC(C)(C)OC(=O)NCCn1cc2c(n1)C(C(C)(C)NC(=O)O)N1C[C@H]2N(OCc2ccccc2)C1=O. The van der Waals surface area contributed by atoms with Crippen molar-refractivity contribution in [1.82, 2.24) is 30.4 Å². The number of carbonyl (C=O) groups excluding carboxylic acids is 2. The molecule has 200 valence electrons. The van der Waals surface area contributed by atoms with Crippen LogP contribution < -0.4 is 10.6 Å². The fraction of sp³-hybridized carbons (Fsp3) is 0.520. The highest BCUT2D eigenvalue weighted by Gasteiger charge is 2.55. The Kier molecular flexibility index (Phi) is 7.05. The number of fused-ring (bicyclic) bond motifs is 4. The van der Waals surface area contributed by atoms with Gasteiger partial charge in [-0.25, -0.2) is 14.4 Å². The summed E-state index contributed by atoms with van der Waals surface area (Å²) in [5, 5.41) is 20.8. The maximum atomic E-state index is 13.4. The molecular weight excluding hydrogens is 480 g/mol. The molecule has 2 aliphatic heterocycles. The number of carboxylic acid groups (broad SMARTS) is 1. The van der Waals surface area contributed by atoms with Crippen molar-refractivity contribution in [2.45, 2.75) is 71.0 Å². The Hall–Kier alpha value is -3.80. The van der Waals surface area contributed by atoms with Crippen LogP contribution in [0.4, 0.5) is 14.4 Å². The van der Waals surface area contributed by atoms with Gasteiger partial charge >= 0.3 is 18.2 Å². The second-order valence-corrected chi connectivity index (χ2v) is 10.8. The number of hydrogen-bond donors (Lipinski definition) is 3. The average Bonchev–Trinajstić information content (AvgIpc) is 3.31. The molecule has 12 heteroatoms. The topological polar surface area (TPSA) is 138 Å². The van der Waals surface area contributed by atoms with Gasteiger partial charge in [-0.15, -0.1) is 0 Å². The number of amides is 4. The molecule has 2 aromatic rings. The second kappa shape index (κ2) is 9.92. The predicted molar refractivity (Wildman–Crippen MR) is 132 cm³/mol. The first-order valence-electron chi connectivity index (χ1n) is 12.2. The maximum absolute atomic E-state index is 13.4. The Morgan fingerprint density at radius 1 is 1.16 bits per heavy atom. The number of nitrogens with zero attached hydrogens (tertiary/aromatic N) is 4. The van der Waals surface area contributed by atoms with Crippen LogP contribution in [0.5, 0.6) is 0 Å². The molecule has 0 radical (unpaired) electrons. The van der Waals surface area contributed by atoms with Crippen molar-refractivity contribution in [1.29, 1.82) is 0 Å². The average molecular weight is 515 g/mol. The summed E-state index contributed by atoms with van der Waals surface area (Å²) in [5.74, 6) is 0. The van der Waals surface area contributed by atoms with Gasteiger partial charge in [0.2, 0.25) is 0 Å². The molecule has 0 spiro atoms. The number of aromatic nitrogens is 2. The van der Waals surface area contributed by atoms with E-state index in [1.807, 2.05) is 36.5 Å². The van der Waals surface area contributed by atoms with E-state index < -0.39 is 35.4 Å². The molecule has 0 saturated carbocycles. The number of hydroxylamine groups is 2. The van der Waals surface area contributed by atoms with Gasteiger partial charge in [0.25, 0.3) is 0 Å². The van der Waals surface area contributed by atoms with E-state index in [1.54, 1.807) is 44.2 Å². The van der Waals surface area contributed by atoms with Crippen LogP contribution in [0.2, 0.25) is 0 Å². The second-order valence-electron chi connectivity index (χ2n) is 10.8. The van der Waals surface area contributed by atoms with Crippen molar-refractivity contribution in [2.75, 3.05) is 13.1 Å². The van der Waals surface area contributed by atoms with Crippen molar-refractivity contribution in [2.24, 2.45) is 0 Å². The molecule has 12 nitrogen and oxygen atoms in total. The number of rotatable bonds is 8. The fourth-order valence-corrected chi connectivity index (χ4v) is 4.75. The monoisotopic (exact) mass is 514 g/mol. The summed E-state index contributed by atoms with van der Waals surface area (Å²) in [5.41, 5.74) is 0.642. The summed E-state index contributed by atoms with van der Waals surface area (Å²) in [6.07, 6.45) is 0.110. The molecule has 0 aliphatic carbocycles. The lowest BCUT2D eigenvalue weighted by atomic mass is 9.85. The van der Waals surface area contributed by atoms with E-state index in [0.29, 0.717) is 18.8 Å². The fourth-order valence-electron chi connectivity index (χ4n) is 4.75. The Labute approximate surface area is 215 Å². The Balaban J connectivity index is 1.57. The Morgan fingerprint density at radius 3 is 2.51 bits per heavy atom. The van der Waals surface area contributed by atoms with Gasteiger partial charge in [-0.05, 0) is 40.2 Å². The van der Waals surface area contributed by atoms with Crippen molar-refractivity contribution >= 4 is 18.2 Å². The predicted octanol–water partition coefficient (Wildman–Crippen LogP) is 3.42. The number of alkyl carbamates (subject to hydrolysis) is 1. The molecule has 3 N–H and O–H groups in total. The van der Waals surface area contributed by atoms with Gasteiger partial charge in [0.15, 0.2) is 0 Å². The van der Waals surface area contributed by atoms with E-state index in [1.165, 1.54) is 5.06 Å². The third-order valence-electron chi connectivity index (χ3n) is 6.17. The van der Waals surface area contributed by atoms with Crippen LogP contribution in [0, 0.1) is 0 Å². The number of nitrogens with one attached hydrogen (secondary N) is 2. The summed E-state index contributed by atoms with van der Waals surface area (Å²) in [6, 6.07) is 8.12. The normalized spacial score (nSPS) is 19.0. The number of benzene rings is 1. The van der Waals surface area contributed by atoms with E-state index in [-0.39, 0.29) is 19.2 Å². The van der Waals surface area contributed by atoms with E-state index in [2.05, 4.69) is 10.6 Å². The third-order valence-corrected chi connectivity index (χ3v) is 6.17. The zero-order valence-corrected chi connectivity index (χ0v) is 21.7. The minimum atomic E-state index is -1.20. The summed E-state index contributed by atoms with van der Waals surface area (Å²) in [6.45, 7) is 9.99. The van der Waals surface area contributed by atoms with Crippen molar-refractivity contribution in [3.8, 4) is 0 Å². The number of hydrogen-bond acceptors (Lipinski definition) is 6. The molecule has 3 heterocycles. The Bertz CT molecular complexity index is 1160. The van der Waals surface area contributed by atoms with Crippen LogP contribution in [-0.4, -0.2) is 67.3 Å².